The Bertz CT molecular complexity index is 386. The summed E-state index contributed by atoms with van der Waals surface area (Å²) in [6.07, 6.45) is 6.63. The summed E-state index contributed by atoms with van der Waals surface area (Å²) in [6, 6.07) is 2.26. The van der Waals surface area contributed by atoms with Crippen LogP contribution in [0.15, 0.2) is 6.07 Å². The van der Waals surface area contributed by atoms with E-state index < -0.39 is 0 Å². The standard InChI is InChI=1S/C15H25BrN2/c1-4-12-6-7-15(16)13(9-12)10-14-8-11(3)17-18(14)5-2/h8,12-13,15H,4-7,9-10H2,1-3H3. The Morgan fingerprint density at radius 1 is 1.39 bits per heavy atom. The molecule has 3 heteroatoms. The Balaban J connectivity index is 2.06. The van der Waals surface area contributed by atoms with Gasteiger partial charge in [0.05, 0.1) is 5.69 Å². The maximum Gasteiger partial charge on any atom is 0.0596 e. The van der Waals surface area contributed by atoms with E-state index in [0.717, 1.165) is 24.1 Å². The normalized spacial score (nSPS) is 28.6. The summed E-state index contributed by atoms with van der Waals surface area (Å²) in [5.41, 5.74) is 2.57. The maximum atomic E-state index is 4.56. The van der Waals surface area contributed by atoms with Crippen molar-refractivity contribution in [3.8, 4) is 0 Å². The minimum atomic E-state index is 0.695. The first-order chi connectivity index (χ1) is 8.63. The third kappa shape index (κ3) is 3.17. The summed E-state index contributed by atoms with van der Waals surface area (Å²) in [6.45, 7) is 7.59. The molecule has 2 rings (SSSR count). The Morgan fingerprint density at radius 3 is 2.83 bits per heavy atom. The van der Waals surface area contributed by atoms with Gasteiger partial charge in [-0.15, -0.1) is 0 Å². The van der Waals surface area contributed by atoms with Crippen LogP contribution in [-0.4, -0.2) is 14.6 Å². The van der Waals surface area contributed by atoms with Gasteiger partial charge >= 0.3 is 0 Å². The van der Waals surface area contributed by atoms with Crippen molar-refractivity contribution < 1.29 is 0 Å². The van der Waals surface area contributed by atoms with Gasteiger partial charge in [0, 0.05) is 17.1 Å². The van der Waals surface area contributed by atoms with Crippen LogP contribution in [0.5, 0.6) is 0 Å². The molecule has 102 valence electrons. The minimum absolute atomic E-state index is 0.695. The van der Waals surface area contributed by atoms with Crippen molar-refractivity contribution in [1.82, 2.24) is 9.78 Å². The van der Waals surface area contributed by atoms with E-state index in [9.17, 15) is 0 Å². The summed E-state index contributed by atoms with van der Waals surface area (Å²) in [5.74, 6) is 1.72. The largest absolute Gasteiger partial charge is 0.270 e. The molecule has 1 saturated carbocycles. The molecule has 0 aromatic carbocycles. The highest BCUT2D eigenvalue weighted by Gasteiger charge is 2.28. The molecule has 0 aliphatic heterocycles. The monoisotopic (exact) mass is 312 g/mol. The Morgan fingerprint density at radius 2 is 2.17 bits per heavy atom. The van der Waals surface area contributed by atoms with Crippen LogP contribution in [0.4, 0.5) is 0 Å². The quantitative estimate of drug-likeness (QED) is 0.756. The molecule has 1 aromatic heterocycles. The average Bonchev–Trinajstić information content (AvgIpc) is 2.72. The van der Waals surface area contributed by atoms with Crippen LogP contribution < -0.4 is 0 Å². The van der Waals surface area contributed by atoms with E-state index in [4.69, 9.17) is 0 Å². The zero-order chi connectivity index (χ0) is 13.1. The second-order valence-corrected chi connectivity index (χ2v) is 6.84. The number of nitrogens with zero attached hydrogens (tertiary/aromatic N) is 2. The van der Waals surface area contributed by atoms with E-state index in [0.29, 0.717) is 4.83 Å². The third-order valence-corrected chi connectivity index (χ3v) is 5.54. The van der Waals surface area contributed by atoms with Crippen LogP contribution in [0.2, 0.25) is 0 Å². The molecule has 18 heavy (non-hydrogen) atoms. The van der Waals surface area contributed by atoms with Crippen molar-refractivity contribution in [2.45, 2.75) is 64.2 Å². The predicted octanol–water partition coefficient (Wildman–Crippen LogP) is 4.34. The lowest BCUT2D eigenvalue weighted by Gasteiger charge is -2.33. The highest BCUT2D eigenvalue weighted by molar-refractivity contribution is 9.09. The molecule has 3 unspecified atom stereocenters. The van der Waals surface area contributed by atoms with Crippen LogP contribution in [0.25, 0.3) is 0 Å². The molecule has 0 saturated heterocycles. The van der Waals surface area contributed by atoms with Gasteiger partial charge in [0.25, 0.3) is 0 Å². The molecule has 0 spiro atoms. The van der Waals surface area contributed by atoms with E-state index in [1.165, 1.54) is 37.8 Å². The number of aryl methyl sites for hydroxylation is 2. The highest BCUT2D eigenvalue weighted by Crippen LogP contribution is 2.37. The van der Waals surface area contributed by atoms with Gasteiger partial charge in [0.1, 0.15) is 0 Å². The lowest BCUT2D eigenvalue weighted by molar-refractivity contribution is 0.267. The fraction of sp³-hybridized carbons (Fsp3) is 0.800. The minimum Gasteiger partial charge on any atom is -0.270 e. The molecule has 1 aliphatic carbocycles. The van der Waals surface area contributed by atoms with Crippen LogP contribution in [-0.2, 0) is 13.0 Å². The van der Waals surface area contributed by atoms with Gasteiger partial charge in [-0.05, 0) is 57.4 Å². The van der Waals surface area contributed by atoms with Crippen LogP contribution in [0.1, 0.15) is 50.9 Å². The highest BCUT2D eigenvalue weighted by atomic mass is 79.9. The van der Waals surface area contributed by atoms with Gasteiger partial charge in [-0.2, -0.15) is 5.10 Å². The van der Waals surface area contributed by atoms with Crippen LogP contribution in [0, 0.1) is 18.8 Å². The lowest BCUT2D eigenvalue weighted by atomic mass is 9.78. The summed E-state index contributed by atoms with van der Waals surface area (Å²) < 4.78 is 2.17. The molecule has 1 aromatic rings. The number of halogens is 1. The molecule has 1 fully saturated rings. The maximum absolute atomic E-state index is 4.56. The Kier molecular flexibility index (Phi) is 4.88. The zero-order valence-corrected chi connectivity index (χ0v) is 13.4. The Labute approximate surface area is 119 Å². The van der Waals surface area contributed by atoms with Gasteiger partial charge in [-0.3, -0.25) is 4.68 Å². The summed E-state index contributed by atoms with van der Waals surface area (Å²) in [5, 5.41) is 4.56. The van der Waals surface area contributed by atoms with E-state index in [1.807, 2.05) is 0 Å². The first-order valence-electron chi connectivity index (χ1n) is 7.31. The van der Waals surface area contributed by atoms with Crippen LogP contribution >= 0.6 is 15.9 Å². The Hall–Kier alpha value is -0.310. The molecule has 0 amide bonds. The number of hydrogen-bond donors (Lipinski definition) is 0. The van der Waals surface area contributed by atoms with Crippen molar-refractivity contribution in [1.29, 1.82) is 0 Å². The first kappa shape index (κ1) is 14.1. The SMILES string of the molecule is CCC1CCC(Br)C(Cc2cc(C)nn2CC)C1. The van der Waals surface area contributed by atoms with Crippen molar-refractivity contribution >= 4 is 15.9 Å². The average molecular weight is 313 g/mol. The smallest absolute Gasteiger partial charge is 0.0596 e. The molecule has 3 atom stereocenters. The number of rotatable bonds is 4. The molecule has 0 radical (unpaired) electrons. The molecular formula is C15H25BrN2. The summed E-state index contributed by atoms with van der Waals surface area (Å²) in [4.78, 5) is 0.695. The molecule has 2 nitrogen and oxygen atoms in total. The van der Waals surface area contributed by atoms with Crippen molar-refractivity contribution in [2.24, 2.45) is 11.8 Å². The number of alkyl halides is 1. The van der Waals surface area contributed by atoms with E-state index in [1.54, 1.807) is 0 Å². The van der Waals surface area contributed by atoms with Gasteiger partial charge in [0.15, 0.2) is 0 Å². The second kappa shape index (κ2) is 6.23. The van der Waals surface area contributed by atoms with Gasteiger partial charge in [-0.25, -0.2) is 0 Å². The third-order valence-electron chi connectivity index (χ3n) is 4.33. The lowest BCUT2D eigenvalue weighted by Crippen LogP contribution is -2.27. The van der Waals surface area contributed by atoms with Crippen molar-refractivity contribution in [3.63, 3.8) is 0 Å². The first-order valence-corrected chi connectivity index (χ1v) is 8.23. The van der Waals surface area contributed by atoms with Crippen LogP contribution in [0.3, 0.4) is 0 Å². The number of aromatic nitrogens is 2. The van der Waals surface area contributed by atoms with E-state index in [2.05, 4.69) is 52.5 Å². The van der Waals surface area contributed by atoms with Crippen molar-refractivity contribution in [3.05, 3.63) is 17.5 Å². The zero-order valence-electron chi connectivity index (χ0n) is 11.8. The fourth-order valence-electron chi connectivity index (χ4n) is 3.21. The van der Waals surface area contributed by atoms with E-state index >= 15 is 0 Å². The van der Waals surface area contributed by atoms with Gasteiger partial charge < -0.3 is 0 Å². The molecule has 0 N–H and O–H groups in total. The fourth-order valence-corrected chi connectivity index (χ4v) is 3.88. The van der Waals surface area contributed by atoms with Gasteiger partial charge in [0.2, 0.25) is 0 Å². The number of hydrogen-bond acceptors (Lipinski definition) is 1. The molecule has 1 heterocycles. The topological polar surface area (TPSA) is 17.8 Å². The molecule has 1 aliphatic rings. The van der Waals surface area contributed by atoms with Gasteiger partial charge in [-0.1, -0.05) is 29.3 Å². The summed E-state index contributed by atoms with van der Waals surface area (Å²) in [7, 11) is 0. The van der Waals surface area contributed by atoms with Crippen molar-refractivity contribution in [2.75, 3.05) is 0 Å². The summed E-state index contributed by atoms with van der Waals surface area (Å²) >= 11 is 3.89. The molecule has 0 bridgehead atoms. The second-order valence-electron chi connectivity index (χ2n) is 5.66. The molecular weight excluding hydrogens is 288 g/mol. The van der Waals surface area contributed by atoms with E-state index in [-0.39, 0.29) is 0 Å². The predicted molar refractivity (Wildman–Crippen MR) is 80.2 cm³/mol.